The third-order valence-electron chi connectivity index (χ3n) is 2.73. The van der Waals surface area contributed by atoms with Crippen molar-refractivity contribution in [2.24, 2.45) is 4.99 Å². The lowest BCUT2D eigenvalue weighted by Gasteiger charge is -2.23. The second-order valence-electron chi connectivity index (χ2n) is 4.03. The van der Waals surface area contributed by atoms with Gasteiger partial charge in [-0.3, -0.25) is 4.99 Å². The number of benzene rings is 1. The van der Waals surface area contributed by atoms with Crippen LogP contribution < -0.4 is 0 Å². The van der Waals surface area contributed by atoms with E-state index < -0.39 is 0 Å². The molecule has 1 aromatic rings. The Bertz CT molecular complexity index is 361. The standard InChI is InChI=1S/C13H16BrNO/c1-2-3-13-15-8-11(9-16-13)10-4-6-12(14)7-5-10/h4-8,11,13H,2-3,9H2,1H3. The summed E-state index contributed by atoms with van der Waals surface area (Å²) in [5.74, 6) is 0.307. The molecule has 1 aromatic carbocycles. The molecule has 0 aliphatic carbocycles. The van der Waals surface area contributed by atoms with Gasteiger partial charge < -0.3 is 4.74 Å². The van der Waals surface area contributed by atoms with Gasteiger partial charge in [-0.15, -0.1) is 0 Å². The first kappa shape index (κ1) is 11.8. The molecule has 2 rings (SSSR count). The highest BCUT2D eigenvalue weighted by atomic mass is 79.9. The Hall–Kier alpha value is -0.670. The highest BCUT2D eigenvalue weighted by Crippen LogP contribution is 2.22. The fourth-order valence-corrected chi connectivity index (χ4v) is 2.06. The molecule has 0 amide bonds. The van der Waals surface area contributed by atoms with Crippen LogP contribution in [0.2, 0.25) is 0 Å². The van der Waals surface area contributed by atoms with Gasteiger partial charge in [0.15, 0.2) is 0 Å². The van der Waals surface area contributed by atoms with E-state index >= 15 is 0 Å². The summed E-state index contributed by atoms with van der Waals surface area (Å²) in [6.07, 6.45) is 4.25. The van der Waals surface area contributed by atoms with Crippen LogP contribution in [-0.2, 0) is 4.74 Å². The maximum absolute atomic E-state index is 5.71. The molecule has 0 fully saturated rings. The number of ether oxygens (including phenoxy) is 1. The lowest BCUT2D eigenvalue weighted by atomic mass is 10.0. The van der Waals surface area contributed by atoms with E-state index in [0.717, 1.165) is 23.9 Å². The second kappa shape index (κ2) is 5.60. The summed E-state index contributed by atoms with van der Waals surface area (Å²) in [6.45, 7) is 2.90. The monoisotopic (exact) mass is 281 g/mol. The highest BCUT2D eigenvalue weighted by molar-refractivity contribution is 9.10. The first-order chi connectivity index (χ1) is 7.79. The molecule has 0 spiro atoms. The first-order valence-corrected chi connectivity index (χ1v) is 6.49. The molecule has 2 atom stereocenters. The SMILES string of the molecule is CCCC1N=CC(c2ccc(Br)cc2)CO1. The molecular weight excluding hydrogens is 266 g/mol. The molecule has 2 unspecified atom stereocenters. The van der Waals surface area contributed by atoms with Crippen LogP contribution in [0.3, 0.4) is 0 Å². The Morgan fingerprint density at radius 3 is 2.69 bits per heavy atom. The predicted octanol–water partition coefficient (Wildman–Crippen LogP) is 3.76. The summed E-state index contributed by atoms with van der Waals surface area (Å²) in [5.41, 5.74) is 1.27. The van der Waals surface area contributed by atoms with E-state index in [2.05, 4.69) is 52.1 Å². The molecule has 1 heterocycles. The Morgan fingerprint density at radius 2 is 2.12 bits per heavy atom. The van der Waals surface area contributed by atoms with Gasteiger partial charge in [0, 0.05) is 16.6 Å². The van der Waals surface area contributed by atoms with E-state index in [1.54, 1.807) is 0 Å². The number of halogens is 1. The summed E-state index contributed by atoms with van der Waals surface area (Å²) in [7, 11) is 0. The van der Waals surface area contributed by atoms with Gasteiger partial charge in [0.1, 0.15) is 6.23 Å². The van der Waals surface area contributed by atoms with Crippen molar-refractivity contribution in [3.8, 4) is 0 Å². The van der Waals surface area contributed by atoms with Crippen molar-refractivity contribution < 1.29 is 4.74 Å². The lowest BCUT2D eigenvalue weighted by Crippen LogP contribution is -2.22. The van der Waals surface area contributed by atoms with Crippen molar-refractivity contribution in [2.45, 2.75) is 31.9 Å². The summed E-state index contributed by atoms with van der Waals surface area (Å²) in [4.78, 5) is 4.44. The summed E-state index contributed by atoms with van der Waals surface area (Å²) in [5, 5.41) is 0. The van der Waals surface area contributed by atoms with Gasteiger partial charge in [0.25, 0.3) is 0 Å². The Balaban J connectivity index is 2.02. The normalized spacial score (nSPS) is 24.6. The van der Waals surface area contributed by atoms with Crippen molar-refractivity contribution in [3.63, 3.8) is 0 Å². The van der Waals surface area contributed by atoms with Crippen LogP contribution in [0.15, 0.2) is 33.7 Å². The molecule has 0 saturated heterocycles. The zero-order chi connectivity index (χ0) is 11.4. The fraction of sp³-hybridized carbons (Fsp3) is 0.462. The van der Waals surface area contributed by atoms with Crippen LogP contribution in [0, 0.1) is 0 Å². The molecule has 16 heavy (non-hydrogen) atoms. The van der Waals surface area contributed by atoms with Crippen molar-refractivity contribution in [3.05, 3.63) is 34.3 Å². The van der Waals surface area contributed by atoms with E-state index in [1.807, 2.05) is 6.21 Å². The smallest absolute Gasteiger partial charge is 0.147 e. The van der Waals surface area contributed by atoms with E-state index in [0.29, 0.717) is 5.92 Å². The topological polar surface area (TPSA) is 21.6 Å². The molecule has 0 N–H and O–H groups in total. The average Bonchev–Trinajstić information content (AvgIpc) is 2.32. The highest BCUT2D eigenvalue weighted by Gasteiger charge is 2.17. The molecule has 0 radical (unpaired) electrons. The van der Waals surface area contributed by atoms with Crippen molar-refractivity contribution in [1.29, 1.82) is 0 Å². The molecule has 3 heteroatoms. The molecule has 1 aliphatic heterocycles. The average molecular weight is 282 g/mol. The Labute approximate surface area is 105 Å². The van der Waals surface area contributed by atoms with Gasteiger partial charge in [0.2, 0.25) is 0 Å². The van der Waals surface area contributed by atoms with Crippen LogP contribution in [0.1, 0.15) is 31.2 Å². The molecule has 86 valence electrons. The third kappa shape index (κ3) is 2.92. The van der Waals surface area contributed by atoms with Crippen LogP contribution in [0.25, 0.3) is 0 Å². The van der Waals surface area contributed by atoms with Gasteiger partial charge >= 0.3 is 0 Å². The molecule has 0 aromatic heterocycles. The van der Waals surface area contributed by atoms with Gasteiger partial charge in [-0.1, -0.05) is 41.4 Å². The number of rotatable bonds is 3. The number of aliphatic imine (C=N–C) groups is 1. The van der Waals surface area contributed by atoms with E-state index in [-0.39, 0.29) is 6.23 Å². The predicted molar refractivity (Wildman–Crippen MR) is 70.0 cm³/mol. The minimum atomic E-state index is 0.0803. The molecular formula is C13H16BrNO. The zero-order valence-electron chi connectivity index (χ0n) is 9.40. The van der Waals surface area contributed by atoms with Crippen LogP contribution in [0.5, 0.6) is 0 Å². The minimum Gasteiger partial charge on any atom is -0.356 e. The van der Waals surface area contributed by atoms with E-state index in [1.165, 1.54) is 5.56 Å². The summed E-state index contributed by atoms with van der Waals surface area (Å²) < 4.78 is 6.81. The number of nitrogens with zero attached hydrogens (tertiary/aromatic N) is 1. The Morgan fingerprint density at radius 1 is 1.38 bits per heavy atom. The fourth-order valence-electron chi connectivity index (χ4n) is 1.80. The lowest BCUT2D eigenvalue weighted by molar-refractivity contribution is 0.0432. The van der Waals surface area contributed by atoms with E-state index in [9.17, 15) is 0 Å². The van der Waals surface area contributed by atoms with Gasteiger partial charge in [-0.2, -0.15) is 0 Å². The molecule has 2 nitrogen and oxygen atoms in total. The summed E-state index contributed by atoms with van der Waals surface area (Å²) >= 11 is 3.43. The second-order valence-corrected chi connectivity index (χ2v) is 4.95. The van der Waals surface area contributed by atoms with Crippen LogP contribution in [-0.4, -0.2) is 19.0 Å². The maximum Gasteiger partial charge on any atom is 0.147 e. The van der Waals surface area contributed by atoms with Crippen LogP contribution >= 0.6 is 15.9 Å². The van der Waals surface area contributed by atoms with E-state index in [4.69, 9.17) is 4.74 Å². The zero-order valence-corrected chi connectivity index (χ0v) is 11.0. The summed E-state index contributed by atoms with van der Waals surface area (Å²) in [6, 6.07) is 8.34. The maximum atomic E-state index is 5.71. The quantitative estimate of drug-likeness (QED) is 0.827. The van der Waals surface area contributed by atoms with Gasteiger partial charge in [-0.05, 0) is 24.1 Å². The van der Waals surface area contributed by atoms with Gasteiger partial charge in [0.05, 0.1) is 6.61 Å². The van der Waals surface area contributed by atoms with Gasteiger partial charge in [-0.25, -0.2) is 0 Å². The molecule has 0 saturated carbocycles. The Kier molecular flexibility index (Phi) is 4.13. The first-order valence-electron chi connectivity index (χ1n) is 5.70. The van der Waals surface area contributed by atoms with Crippen molar-refractivity contribution in [1.82, 2.24) is 0 Å². The van der Waals surface area contributed by atoms with Crippen molar-refractivity contribution in [2.75, 3.05) is 6.61 Å². The molecule has 0 bridgehead atoms. The third-order valence-corrected chi connectivity index (χ3v) is 3.26. The number of hydrogen-bond acceptors (Lipinski definition) is 2. The molecule has 1 aliphatic rings. The van der Waals surface area contributed by atoms with Crippen molar-refractivity contribution >= 4 is 22.1 Å². The minimum absolute atomic E-state index is 0.0803. The number of hydrogen-bond donors (Lipinski definition) is 0. The van der Waals surface area contributed by atoms with Crippen LogP contribution in [0.4, 0.5) is 0 Å². The largest absolute Gasteiger partial charge is 0.356 e.